The van der Waals surface area contributed by atoms with Gasteiger partial charge in [-0.15, -0.1) is 0 Å². The molecule has 0 aromatic carbocycles. The molecule has 170 valence electrons. The lowest BCUT2D eigenvalue weighted by Gasteiger charge is -2.18. The summed E-state index contributed by atoms with van der Waals surface area (Å²) in [7, 11) is -4.07. The predicted octanol–water partition coefficient (Wildman–Crippen LogP) is 7.06. The minimum Gasteiger partial charge on any atom is -0.393 e. The molecule has 5 heteroatoms. The lowest BCUT2D eigenvalue weighted by molar-refractivity contribution is 0.146. The first-order valence-corrected chi connectivity index (χ1v) is 13.6. The van der Waals surface area contributed by atoms with Crippen LogP contribution in [0.15, 0.2) is 0 Å². The van der Waals surface area contributed by atoms with Crippen LogP contribution in [0.4, 0.5) is 0 Å². The summed E-state index contributed by atoms with van der Waals surface area (Å²) in [5.41, 5.74) is 0. The first kappa shape index (κ1) is 27.9. The van der Waals surface area contributed by atoms with Gasteiger partial charge in [-0.1, -0.05) is 117 Å². The summed E-state index contributed by atoms with van der Waals surface area (Å²) in [6, 6.07) is 0. The maximum atomic E-state index is 11.6. The summed E-state index contributed by atoms with van der Waals surface area (Å²) in [6.07, 6.45) is 19.7. The van der Waals surface area contributed by atoms with Gasteiger partial charge in [0.25, 0.3) is 10.1 Å². The zero-order valence-corrected chi connectivity index (χ0v) is 19.5. The summed E-state index contributed by atoms with van der Waals surface area (Å²) in [6.45, 7) is 4.39. The molecule has 0 radical (unpaired) electrons. The van der Waals surface area contributed by atoms with Crippen LogP contribution in [0, 0.1) is 0 Å². The molecule has 0 aromatic heterocycles. The number of aliphatic hydroxyl groups excluding tert-OH is 1. The molecule has 0 rings (SSSR count). The Hall–Kier alpha value is -0.130. The maximum Gasteiger partial charge on any atom is 0.267 e. The van der Waals surface area contributed by atoms with E-state index in [9.17, 15) is 18.1 Å². The highest BCUT2D eigenvalue weighted by Crippen LogP contribution is 2.20. The highest BCUT2D eigenvalue weighted by atomic mass is 32.2. The van der Waals surface area contributed by atoms with Crippen LogP contribution < -0.4 is 0 Å². The van der Waals surface area contributed by atoms with Gasteiger partial charge in [-0.2, -0.15) is 8.42 Å². The largest absolute Gasteiger partial charge is 0.393 e. The average Bonchev–Trinajstić information content (AvgIpc) is 2.64. The van der Waals surface area contributed by atoms with E-state index in [1.54, 1.807) is 0 Å². The van der Waals surface area contributed by atoms with E-state index in [-0.39, 0.29) is 6.42 Å². The summed E-state index contributed by atoms with van der Waals surface area (Å²) >= 11 is 0. The molecule has 2 atom stereocenters. The van der Waals surface area contributed by atoms with Gasteiger partial charge in [-0.05, 0) is 19.3 Å². The predicted molar refractivity (Wildman–Crippen MR) is 120 cm³/mol. The topological polar surface area (TPSA) is 74.6 Å². The van der Waals surface area contributed by atoms with Crippen molar-refractivity contribution in [1.82, 2.24) is 0 Å². The van der Waals surface area contributed by atoms with E-state index in [2.05, 4.69) is 13.8 Å². The van der Waals surface area contributed by atoms with Crippen molar-refractivity contribution in [3.05, 3.63) is 0 Å². The molecule has 0 spiro atoms. The monoisotopic (exact) mass is 420 g/mol. The summed E-state index contributed by atoms with van der Waals surface area (Å²) in [5.74, 6) is 0. The summed E-state index contributed by atoms with van der Waals surface area (Å²) < 4.78 is 32.6. The van der Waals surface area contributed by atoms with Crippen LogP contribution in [-0.2, 0) is 10.1 Å². The summed E-state index contributed by atoms with van der Waals surface area (Å²) in [5, 5.41) is 9.38. The van der Waals surface area contributed by atoms with Crippen molar-refractivity contribution in [3.63, 3.8) is 0 Å². The van der Waals surface area contributed by atoms with E-state index in [0.29, 0.717) is 12.8 Å². The first-order chi connectivity index (χ1) is 13.4. The van der Waals surface area contributed by atoms with E-state index in [0.717, 1.165) is 44.9 Å². The smallest absolute Gasteiger partial charge is 0.267 e. The molecular weight excluding hydrogens is 372 g/mol. The number of hydrogen-bond donors (Lipinski definition) is 2. The number of hydrogen-bond acceptors (Lipinski definition) is 3. The van der Waals surface area contributed by atoms with Crippen LogP contribution in [0.5, 0.6) is 0 Å². The molecule has 0 bridgehead atoms. The van der Waals surface area contributed by atoms with Gasteiger partial charge in [-0.3, -0.25) is 4.55 Å². The molecule has 0 aliphatic carbocycles. The second-order valence-electron chi connectivity index (χ2n) is 8.55. The lowest BCUT2D eigenvalue weighted by atomic mass is 10.0. The van der Waals surface area contributed by atoms with Gasteiger partial charge < -0.3 is 5.11 Å². The molecule has 4 nitrogen and oxygen atoms in total. The Morgan fingerprint density at radius 2 is 0.964 bits per heavy atom. The maximum absolute atomic E-state index is 11.6. The van der Waals surface area contributed by atoms with E-state index in [4.69, 9.17) is 0 Å². The van der Waals surface area contributed by atoms with Crippen molar-refractivity contribution in [1.29, 1.82) is 0 Å². The van der Waals surface area contributed by atoms with E-state index in [1.165, 1.54) is 57.8 Å². The van der Waals surface area contributed by atoms with Crippen molar-refractivity contribution in [2.75, 3.05) is 0 Å². The number of unbranched alkanes of at least 4 members (excludes halogenated alkanes) is 14. The minimum atomic E-state index is -4.07. The molecule has 0 aliphatic rings. The third kappa shape index (κ3) is 17.9. The highest BCUT2D eigenvalue weighted by Gasteiger charge is 2.25. The van der Waals surface area contributed by atoms with Crippen LogP contribution in [-0.4, -0.2) is 29.4 Å². The van der Waals surface area contributed by atoms with Gasteiger partial charge in [-0.25, -0.2) is 0 Å². The van der Waals surface area contributed by atoms with Crippen LogP contribution >= 0.6 is 0 Å². The fourth-order valence-electron chi connectivity index (χ4n) is 3.83. The van der Waals surface area contributed by atoms with Crippen molar-refractivity contribution in [2.24, 2.45) is 0 Å². The minimum absolute atomic E-state index is 0.171. The van der Waals surface area contributed by atoms with Crippen molar-refractivity contribution >= 4 is 10.1 Å². The van der Waals surface area contributed by atoms with E-state index in [1.807, 2.05) is 0 Å². The Kier molecular flexibility index (Phi) is 18.8. The van der Waals surface area contributed by atoms with Gasteiger partial charge in [0.2, 0.25) is 0 Å². The molecule has 0 saturated carbocycles. The van der Waals surface area contributed by atoms with Gasteiger partial charge in [0.1, 0.15) is 0 Å². The zero-order valence-electron chi connectivity index (χ0n) is 18.7. The van der Waals surface area contributed by atoms with Gasteiger partial charge in [0.15, 0.2) is 0 Å². The van der Waals surface area contributed by atoms with Crippen LogP contribution in [0.2, 0.25) is 0 Å². The van der Waals surface area contributed by atoms with Crippen molar-refractivity contribution in [3.8, 4) is 0 Å². The van der Waals surface area contributed by atoms with Gasteiger partial charge in [0.05, 0.1) is 11.4 Å². The Morgan fingerprint density at radius 3 is 1.36 bits per heavy atom. The van der Waals surface area contributed by atoms with E-state index < -0.39 is 21.5 Å². The third-order valence-corrected chi connectivity index (χ3v) is 7.00. The summed E-state index contributed by atoms with van der Waals surface area (Å²) in [4.78, 5) is 0. The number of aliphatic hydroxyl groups is 1. The Labute approximate surface area is 175 Å². The second kappa shape index (κ2) is 18.9. The van der Waals surface area contributed by atoms with Crippen LogP contribution in [0.3, 0.4) is 0 Å². The standard InChI is InChI=1S/C23H48O4S/c1-3-5-7-9-10-11-12-13-14-16-17-19-22(24)21-23(28(25,26)27)20-18-15-8-6-4-2/h22-24H,3-21H2,1-2H3,(H,25,26,27). The average molecular weight is 421 g/mol. The van der Waals surface area contributed by atoms with Gasteiger partial charge >= 0.3 is 0 Å². The third-order valence-electron chi connectivity index (χ3n) is 5.73. The molecule has 2 unspecified atom stereocenters. The van der Waals surface area contributed by atoms with Crippen LogP contribution in [0.1, 0.15) is 136 Å². The molecule has 0 fully saturated rings. The zero-order chi connectivity index (χ0) is 21.1. The van der Waals surface area contributed by atoms with Crippen LogP contribution in [0.25, 0.3) is 0 Å². The molecule has 0 amide bonds. The quantitative estimate of drug-likeness (QED) is 0.154. The SMILES string of the molecule is CCCCCCCCCCCCCC(O)CC(CCCCCCC)S(=O)(=O)O. The lowest BCUT2D eigenvalue weighted by Crippen LogP contribution is -2.26. The Bertz CT molecular complexity index is 422. The van der Waals surface area contributed by atoms with Crippen molar-refractivity contribution < 1.29 is 18.1 Å². The molecule has 28 heavy (non-hydrogen) atoms. The molecule has 0 aliphatic heterocycles. The van der Waals surface area contributed by atoms with E-state index >= 15 is 0 Å². The fraction of sp³-hybridized carbons (Fsp3) is 1.00. The number of rotatable bonds is 21. The van der Waals surface area contributed by atoms with Crippen molar-refractivity contribution in [2.45, 2.75) is 147 Å². The first-order valence-electron chi connectivity index (χ1n) is 12.1. The molecule has 0 heterocycles. The van der Waals surface area contributed by atoms with Gasteiger partial charge in [0, 0.05) is 0 Å². The normalized spacial score (nSPS) is 14.3. The highest BCUT2D eigenvalue weighted by molar-refractivity contribution is 7.86. The molecular formula is C23H48O4S. The fourth-order valence-corrected chi connectivity index (χ4v) is 4.76. The molecule has 2 N–H and O–H groups in total. The molecule has 0 saturated heterocycles. The Morgan fingerprint density at radius 1 is 0.607 bits per heavy atom. The molecule has 0 aromatic rings. The second-order valence-corrected chi connectivity index (χ2v) is 10.3. The Balaban J connectivity index is 3.75.